The summed E-state index contributed by atoms with van der Waals surface area (Å²) in [4.78, 5) is 11.8. The van der Waals surface area contributed by atoms with E-state index in [0.29, 0.717) is 12.0 Å². The Morgan fingerprint density at radius 2 is 2.18 bits per heavy atom. The third-order valence-electron chi connectivity index (χ3n) is 2.02. The largest absolute Gasteiger partial charge is 0.434 e. The molecule has 0 radical (unpaired) electrons. The predicted molar refractivity (Wildman–Crippen MR) is 60.4 cm³/mol. The van der Waals surface area contributed by atoms with Gasteiger partial charge in [0.15, 0.2) is 5.78 Å². The predicted octanol–water partition coefficient (Wildman–Crippen LogP) is 3.38. The Labute approximate surface area is 99.0 Å². The number of hydrogen-bond acceptors (Lipinski definition) is 2. The van der Waals surface area contributed by atoms with Crippen molar-refractivity contribution in [2.45, 2.75) is 26.9 Å². The van der Waals surface area contributed by atoms with E-state index in [1.807, 2.05) is 13.8 Å². The van der Waals surface area contributed by atoms with Gasteiger partial charge in [0.25, 0.3) is 0 Å². The van der Waals surface area contributed by atoms with E-state index in [0.717, 1.165) is 0 Å². The highest BCUT2D eigenvalue weighted by Crippen LogP contribution is 2.16. The first kappa shape index (κ1) is 13.4. The molecule has 2 nitrogen and oxygen atoms in total. The van der Waals surface area contributed by atoms with E-state index in [4.69, 9.17) is 0 Å². The maximum atomic E-state index is 12.1. The third kappa shape index (κ3) is 4.79. The Morgan fingerprint density at radius 1 is 1.47 bits per heavy atom. The summed E-state index contributed by atoms with van der Waals surface area (Å²) in [5.74, 6) is 0.0669. The van der Waals surface area contributed by atoms with E-state index in [9.17, 15) is 13.6 Å². The van der Waals surface area contributed by atoms with Crippen LogP contribution in [0.5, 0.6) is 0 Å². The number of ketones is 1. The van der Waals surface area contributed by atoms with Gasteiger partial charge in [0.2, 0.25) is 0 Å². The highest BCUT2D eigenvalue weighted by Gasteiger charge is 2.12. The van der Waals surface area contributed by atoms with Gasteiger partial charge in [0.05, 0.1) is 0 Å². The van der Waals surface area contributed by atoms with Crippen molar-refractivity contribution in [3.8, 4) is 0 Å². The lowest BCUT2D eigenvalue weighted by atomic mass is 10.0. The van der Waals surface area contributed by atoms with E-state index in [1.165, 1.54) is 18.2 Å². The first-order chi connectivity index (χ1) is 7.99. The molecule has 0 atom stereocenters. The second-order valence-electron chi connectivity index (χ2n) is 4.05. The highest BCUT2D eigenvalue weighted by atomic mass is 19.3. The van der Waals surface area contributed by atoms with Crippen LogP contribution in [0.2, 0.25) is 0 Å². The van der Waals surface area contributed by atoms with E-state index >= 15 is 0 Å². The molecular weight excluding hydrogens is 226 g/mol. The van der Waals surface area contributed by atoms with Crippen molar-refractivity contribution < 1.29 is 18.3 Å². The molecule has 0 aromatic heterocycles. The minimum absolute atomic E-state index is 0.0582. The van der Waals surface area contributed by atoms with Gasteiger partial charge in [-0.25, -0.2) is 0 Å². The van der Waals surface area contributed by atoms with Crippen molar-refractivity contribution in [1.29, 1.82) is 0 Å². The number of ether oxygens (including phenoxy) is 1. The van der Waals surface area contributed by atoms with Gasteiger partial charge in [-0.3, -0.25) is 4.79 Å². The van der Waals surface area contributed by atoms with Crippen molar-refractivity contribution in [1.82, 2.24) is 0 Å². The van der Waals surface area contributed by atoms with Crippen molar-refractivity contribution in [3.63, 3.8) is 0 Å². The zero-order valence-electron chi connectivity index (χ0n) is 9.74. The Hall–Kier alpha value is -1.67. The van der Waals surface area contributed by atoms with Gasteiger partial charge in [0, 0.05) is 18.1 Å². The highest BCUT2D eigenvalue weighted by molar-refractivity contribution is 5.98. The molecule has 0 amide bonds. The lowest BCUT2D eigenvalue weighted by Gasteiger charge is -2.07. The average molecular weight is 240 g/mol. The molecule has 0 fully saturated rings. The lowest BCUT2D eigenvalue weighted by molar-refractivity contribution is -0.116. The van der Waals surface area contributed by atoms with Crippen LogP contribution in [0.1, 0.15) is 20.3 Å². The molecule has 1 aliphatic rings. The number of rotatable bonds is 5. The van der Waals surface area contributed by atoms with E-state index in [-0.39, 0.29) is 17.5 Å². The molecule has 0 saturated carbocycles. The van der Waals surface area contributed by atoms with E-state index in [2.05, 4.69) is 10.5 Å². The molecular formula is C13H14F2O2. The molecule has 0 saturated heterocycles. The van der Waals surface area contributed by atoms with Gasteiger partial charge < -0.3 is 4.74 Å². The number of carbonyl (C=O) groups excluding carboxylic acids is 1. The van der Waals surface area contributed by atoms with Crippen molar-refractivity contribution >= 4 is 5.78 Å². The number of halogens is 2. The Balaban J connectivity index is 2.83. The number of carbonyl (C=O) groups is 1. The van der Waals surface area contributed by atoms with Crippen LogP contribution in [0.15, 0.2) is 41.4 Å². The minimum Gasteiger partial charge on any atom is -0.434 e. The van der Waals surface area contributed by atoms with Crippen LogP contribution < -0.4 is 0 Å². The molecule has 1 rings (SSSR count). The summed E-state index contributed by atoms with van der Waals surface area (Å²) in [6.45, 7) is 0.937. The maximum absolute atomic E-state index is 12.1. The summed E-state index contributed by atoms with van der Waals surface area (Å²) in [6, 6.07) is 0. The minimum atomic E-state index is -2.90. The fourth-order valence-corrected chi connectivity index (χ4v) is 1.34. The molecule has 4 heteroatoms. The number of hydrogen-bond donors (Lipinski definition) is 0. The van der Waals surface area contributed by atoms with Gasteiger partial charge in [-0.15, -0.1) is 5.73 Å². The van der Waals surface area contributed by atoms with Crippen LogP contribution in [-0.4, -0.2) is 12.4 Å². The van der Waals surface area contributed by atoms with Crippen LogP contribution in [0.25, 0.3) is 0 Å². The topological polar surface area (TPSA) is 26.3 Å². The molecule has 0 aromatic rings. The van der Waals surface area contributed by atoms with Crippen LogP contribution >= 0.6 is 0 Å². The summed E-state index contributed by atoms with van der Waals surface area (Å²) < 4.78 is 28.4. The van der Waals surface area contributed by atoms with Crippen LogP contribution in [-0.2, 0) is 9.53 Å². The van der Waals surface area contributed by atoms with Crippen molar-refractivity contribution in [3.05, 3.63) is 41.4 Å². The lowest BCUT2D eigenvalue weighted by Crippen LogP contribution is -2.06. The normalized spacial score (nSPS) is 14.7. The molecule has 0 aliphatic heterocycles. The first-order valence-electron chi connectivity index (χ1n) is 5.31. The Bertz CT molecular complexity index is 411. The average Bonchev–Trinajstić information content (AvgIpc) is 2.41. The Morgan fingerprint density at radius 3 is 2.76 bits per heavy atom. The summed E-state index contributed by atoms with van der Waals surface area (Å²) in [6.07, 6.45) is 6.01. The summed E-state index contributed by atoms with van der Waals surface area (Å²) in [5, 5.41) is 0. The molecule has 92 valence electrons. The zero-order valence-corrected chi connectivity index (χ0v) is 9.74. The van der Waals surface area contributed by atoms with Crippen LogP contribution in [0.4, 0.5) is 8.78 Å². The Kier molecular flexibility index (Phi) is 4.85. The number of allylic oxidation sites excluding steroid dienone is 4. The molecule has 0 spiro atoms. The summed E-state index contributed by atoms with van der Waals surface area (Å²) in [7, 11) is 0. The van der Waals surface area contributed by atoms with Gasteiger partial charge >= 0.3 is 6.61 Å². The molecule has 0 heterocycles. The van der Waals surface area contributed by atoms with Crippen LogP contribution in [0.3, 0.4) is 0 Å². The quantitative estimate of drug-likeness (QED) is 0.688. The summed E-state index contributed by atoms with van der Waals surface area (Å²) in [5.41, 5.74) is 2.99. The number of Topliss-reactive ketones (excluding diaryl/α,β-unsaturated/α-hetero) is 1. The SMILES string of the molecule is CC(C)CC(=O)C1=CC=C=CC(OC(F)F)=C1. The summed E-state index contributed by atoms with van der Waals surface area (Å²) >= 11 is 0. The number of alkyl halides is 2. The zero-order chi connectivity index (χ0) is 12.8. The van der Waals surface area contributed by atoms with Crippen molar-refractivity contribution in [2.24, 2.45) is 5.92 Å². The molecule has 0 bridgehead atoms. The van der Waals surface area contributed by atoms with Crippen molar-refractivity contribution in [2.75, 3.05) is 0 Å². The fourth-order valence-electron chi connectivity index (χ4n) is 1.34. The fraction of sp³-hybridized carbons (Fsp3) is 0.385. The molecule has 1 aliphatic carbocycles. The van der Waals surface area contributed by atoms with E-state index in [1.54, 1.807) is 6.08 Å². The molecule has 0 unspecified atom stereocenters. The third-order valence-corrected chi connectivity index (χ3v) is 2.02. The molecule has 17 heavy (non-hydrogen) atoms. The van der Waals surface area contributed by atoms with Gasteiger partial charge in [-0.05, 0) is 24.1 Å². The van der Waals surface area contributed by atoms with Gasteiger partial charge in [-0.2, -0.15) is 8.78 Å². The molecule has 0 aromatic carbocycles. The maximum Gasteiger partial charge on any atom is 0.387 e. The van der Waals surface area contributed by atoms with E-state index < -0.39 is 6.61 Å². The second-order valence-corrected chi connectivity index (χ2v) is 4.05. The van der Waals surface area contributed by atoms with Crippen LogP contribution in [0, 0.1) is 5.92 Å². The van der Waals surface area contributed by atoms with Gasteiger partial charge in [0.1, 0.15) is 5.76 Å². The first-order valence-corrected chi connectivity index (χ1v) is 5.31. The second kappa shape index (κ2) is 6.16. The standard InChI is InChI=1S/C13H14F2O2/c1-9(2)7-12(16)10-5-3-4-6-11(8-10)17-13(14)15/h3,5-6,8-9,13H,7H2,1-2H3. The van der Waals surface area contributed by atoms with Gasteiger partial charge in [-0.1, -0.05) is 13.8 Å². The molecule has 0 N–H and O–H groups in total. The smallest absolute Gasteiger partial charge is 0.387 e. The monoisotopic (exact) mass is 240 g/mol.